The summed E-state index contributed by atoms with van der Waals surface area (Å²) in [5.74, 6) is 0.667. The minimum Gasteiger partial charge on any atom is -0.167 e. The van der Waals surface area contributed by atoms with Crippen LogP contribution in [0.1, 0.15) is 20.3 Å². The standard InChI is InChI=1S/C6H12N2/c1-6(2)4-5-8-7-3/h5-6H,3-4H2,1-2H3/b8-5+. The topological polar surface area (TPSA) is 24.7 Å². The fourth-order valence-corrected chi connectivity index (χ4v) is 0.316. The molecule has 0 amide bonds. The van der Waals surface area contributed by atoms with Crippen LogP contribution in [0.5, 0.6) is 0 Å². The second-order valence-electron chi connectivity index (χ2n) is 2.07. The molecule has 2 nitrogen and oxygen atoms in total. The van der Waals surface area contributed by atoms with E-state index >= 15 is 0 Å². The van der Waals surface area contributed by atoms with E-state index in [1.807, 2.05) is 0 Å². The van der Waals surface area contributed by atoms with E-state index in [1.54, 1.807) is 6.21 Å². The Balaban J connectivity index is 3.15. The monoisotopic (exact) mass is 112 g/mol. The molecule has 8 heavy (non-hydrogen) atoms. The summed E-state index contributed by atoms with van der Waals surface area (Å²) >= 11 is 0. The van der Waals surface area contributed by atoms with Crippen molar-refractivity contribution >= 4 is 12.9 Å². The average Bonchev–Trinajstić information content (AvgIpc) is 1.66. The van der Waals surface area contributed by atoms with E-state index in [0.29, 0.717) is 5.92 Å². The van der Waals surface area contributed by atoms with Gasteiger partial charge in [0.25, 0.3) is 0 Å². The number of hydrogen-bond acceptors (Lipinski definition) is 2. The molecule has 0 unspecified atom stereocenters. The Labute approximate surface area is 50.3 Å². The lowest BCUT2D eigenvalue weighted by atomic mass is 10.2. The summed E-state index contributed by atoms with van der Waals surface area (Å²) in [6.45, 7) is 7.48. The molecule has 0 aliphatic rings. The molecule has 0 heterocycles. The van der Waals surface area contributed by atoms with Gasteiger partial charge in [-0.3, -0.25) is 0 Å². The maximum Gasteiger partial charge on any atom is 0.0272 e. The zero-order valence-corrected chi connectivity index (χ0v) is 5.46. The van der Waals surface area contributed by atoms with Crippen LogP contribution in [0.25, 0.3) is 0 Å². The lowest BCUT2D eigenvalue weighted by Gasteiger charge is -1.92. The third-order valence-corrected chi connectivity index (χ3v) is 0.740. The second-order valence-corrected chi connectivity index (χ2v) is 2.07. The van der Waals surface area contributed by atoms with Crippen LogP contribution < -0.4 is 0 Å². The first kappa shape index (κ1) is 7.34. The zero-order chi connectivity index (χ0) is 6.41. The van der Waals surface area contributed by atoms with E-state index in [9.17, 15) is 0 Å². The predicted octanol–water partition coefficient (Wildman–Crippen LogP) is 1.72. The van der Waals surface area contributed by atoms with Gasteiger partial charge in [-0.2, -0.15) is 10.2 Å². The molecule has 0 rings (SSSR count). The van der Waals surface area contributed by atoms with Crippen molar-refractivity contribution in [3.8, 4) is 0 Å². The van der Waals surface area contributed by atoms with Gasteiger partial charge < -0.3 is 0 Å². The van der Waals surface area contributed by atoms with Crippen molar-refractivity contribution in [1.29, 1.82) is 0 Å². The summed E-state index contributed by atoms with van der Waals surface area (Å²) in [5.41, 5.74) is 0. The van der Waals surface area contributed by atoms with Gasteiger partial charge >= 0.3 is 0 Å². The van der Waals surface area contributed by atoms with E-state index in [1.165, 1.54) is 0 Å². The Morgan fingerprint density at radius 1 is 1.62 bits per heavy atom. The van der Waals surface area contributed by atoms with Gasteiger partial charge in [0.15, 0.2) is 0 Å². The molecule has 0 aromatic heterocycles. The van der Waals surface area contributed by atoms with Crippen molar-refractivity contribution in [3.05, 3.63) is 0 Å². The quantitative estimate of drug-likeness (QED) is 0.392. The molecule has 0 aromatic rings. The van der Waals surface area contributed by atoms with Crippen molar-refractivity contribution in [2.24, 2.45) is 16.1 Å². The summed E-state index contributed by atoms with van der Waals surface area (Å²) in [5, 5.41) is 6.93. The Hall–Kier alpha value is -0.660. The smallest absolute Gasteiger partial charge is 0.0272 e. The van der Waals surface area contributed by atoms with Gasteiger partial charge in [-0.05, 0) is 12.3 Å². The first-order chi connectivity index (χ1) is 3.77. The Bertz CT molecular complexity index is 84.5. The van der Waals surface area contributed by atoms with Crippen LogP contribution in [0.2, 0.25) is 0 Å². The summed E-state index contributed by atoms with van der Waals surface area (Å²) in [6, 6.07) is 0. The molecule has 0 atom stereocenters. The molecule has 0 spiro atoms. The molecular weight excluding hydrogens is 100 g/mol. The van der Waals surface area contributed by atoms with E-state index in [-0.39, 0.29) is 0 Å². The third-order valence-electron chi connectivity index (χ3n) is 0.740. The summed E-state index contributed by atoms with van der Waals surface area (Å²) in [7, 11) is 0. The molecular formula is C6H12N2. The first-order valence-electron chi connectivity index (χ1n) is 2.75. The molecule has 0 aliphatic carbocycles. The Kier molecular flexibility index (Phi) is 4.13. The van der Waals surface area contributed by atoms with Crippen LogP contribution in [0.15, 0.2) is 10.2 Å². The minimum atomic E-state index is 0.667. The highest BCUT2D eigenvalue weighted by Crippen LogP contribution is 1.94. The molecule has 0 aromatic carbocycles. The van der Waals surface area contributed by atoms with Crippen LogP contribution in [0.3, 0.4) is 0 Å². The Morgan fingerprint density at radius 3 is 2.62 bits per heavy atom. The highest BCUT2D eigenvalue weighted by molar-refractivity contribution is 5.57. The first-order valence-corrected chi connectivity index (χ1v) is 2.75. The van der Waals surface area contributed by atoms with Crippen molar-refractivity contribution in [2.45, 2.75) is 20.3 Å². The normalized spacial score (nSPS) is 10.9. The van der Waals surface area contributed by atoms with Crippen LogP contribution >= 0.6 is 0 Å². The van der Waals surface area contributed by atoms with Crippen LogP contribution in [0, 0.1) is 5.92 Å². The van der Waals surface area contributed by atoms with Gasteiger partial charge in [-0.25, -0.2) is 0 Å². The highest BCUT2D eigenvalue weighted by atomic mass is 15.2. The van der Waals surface area contributed by atoms with Gasteiger partial charge in [-0.15, -0.1) is 0 Å². The highest BCUT2D eigenvalue weighted by Gasteiger charge is 1.85. The minimum absolute atomic E-state index is 0.667. The Morgan fingerprint density at radius 2 is 2.25 bits per heavy atom. The van der Waals surface area contributed by atoms with Crippen LogP contribution in [0.4, 0.5) is 0 Å². The lowest BCUT2D eigenvalue weighted by Crippen LogP contribution is -1.85. The molecule has 0 N–H and O–H groups in total. The van der Waals surface area contributed by atoms with Crippen LogP contribution in [-0.2, 0) is 0 Å². The largest absolute Gasteiger partial charge is 0.167 e. The molecule has 0 bridgehead atoms. The van der Waals surface area contributed by atoms with Gasteiger partial charge in [-0.1, -0.05) is 13.8 Å². The zero-order valence-electron chi connectivity index (χ0n) is 5.46. The number of rotatable bonds is 3. The third kappa shape index (κ3) is 5.34. The average molecular weight is 112 g/mol. The number of nitrogens with zero attached hydrogens (tertiary/aromatic N) is 2. The van der Waals surface area contributed by atoms with E-state index in [2.05, 4.69) is 30.8 Å². The van der Waals surface area contributed by atoms with Gasteiger partial charge in [0.05, 0.1) is 0 Å². The predicted molar refractivity (Wildman–Crippen MR) is 37.5 cm³/mol. The summed E-state index contributed by atoms with van der Waals surface area (Å²) in [6.07, 6.45) is 2.76. The molecule has 46 valence electrons. The molecule has 0 radical (unpaired) electrons. The molecule has 0 fully saturated rings. The summed E-state index contributed by atoms with van der Waals surface area (Å²) in [4.78, 5) is 0. The maximum absolute atomic E-state index is 3.60. The lowest BCUT2D eigenvalue weighted by molar-refractivity contribution is 0.689. The second kappa shape index (κ2) is 4.50. The SMILES string of the molecule is C=N/N=C/CC(C)C. The molecule has 2 heteroatoms. The van der Waals surface area contributed by atoms with Gasteiger partial charge in [0, 0.05) is 12.9 Å². The fourth-order valence-electron chi connectivity index (χ4n) is 0.316. The summed E-state index contributed by atoms with van der Waals surface area (Å²) < 4.78 is 0. The molecule has 0 saturated heterocycles. The van der Waals surface area contributed by atoms with Crippen molar-refractivity contribution in [3.63, 3.8) is 0 Å². The van der Waals surface area contributed by atoms with Crippen molar-refractivity contribution in [2.75, 3.05) is 0 Å². The van der Waals surface area contributed by atoms with Gasteiger partial charge in [0.1, 0.15) is 0 Å². The van der Waals surface area contributed by atoms with E-state index < -0.39 is 0 Å². The van der Waals surface area contributed by atoms with Gasteiger partial charge in [0.2, 0.25) is 0 Å². The van der Waals surface area contributed by atoms with E-state index in [0.717, 1.165) is 6.42 Å². The van der Waals surface area contributed by atoms with Crippen LogP contribution in [-0.4, -0.2) is 12.9 Å². The van der Waals surface area contributed by atoms with Crippen molar-refractivity contribution < 1.29 is 0 Å². The number of hydrogen-bond donors (Lipinski definition) is 0. The molecule has 0 saturated carbocycles. The maximum atomic E-state index is 3.60. The van der Waals surface area contributed by atoms with E-state index in [4.69, 9.17) is 0 Å². The fraction of sp³-hybridized carbons (Fsp3) is 0.667. The van der Waals surface area contributed by atoms with Crippen molar-refractivity contribution in [1.82, 2.24) is 0 Å². The molecule has 0 aliphatic heterocycles.